The van der Waals surface area contributed by atoms with Crippen LogP contribution >= 0.6 is 0 Å². The van der Waals surface area contributed by atoms with E-state index in [1.807, 2.05) is 6.07 Å². The molecule has 0 bridgehead atoms. The summed E-state index contributed by atoms with van der Waals surface area (Å²) in [6, 6.07) is 11.5. The number of nitrogens with zero attached hydrogens (tertiary/aromatic N) is 2. The third-order valence-electron chi connectivity index (χ3n) is 5.33. The van der Waals surface area contributed by atoms with Gasteiger partial charge in [-0.2, -0.15) is 0 Å². The number of halogens is 1. The Labute approximate surface area is 176 Å². The summed E-state index contributed by atoms with van der Waals surface area (Å²) in [4.78, 5) is 4.50. The molecule has 1 N–H and O–H groups in total. The molecule has 4 rings (SSSR count). The van der Waals surface area contributed by atoms with Crippen LogP contribution < -0.4 is 19.1 Å². The van der Waals surface area contributed by atoms with Crippen molar-refractivity contribution in [1.29, 1.82) is 0 Å². The van der Waals surface area contributed by atoms with Crippen molar-refractivity contribution in [3.05, 3.63) is 48.3 Å². The molecule has 2 aromatic carbocycles. The first-order valence-corrected chi connectivity index (χ1v) is 11.6. The molecule has 0 unspecified atom stereocenters. The van der Waals surface area contributed by atoms with Crippen LogP contribution in [-0.4, -0.2) is 65.8 Å². The van der Waals surface area contributed by atoms with Crippen molar-refractivity contribution in [2.75, 3.05) is 57.4 Å². The summed E-state index contributed by atoms with van der Waals surface area (Å²) in [5.74, 6) is 0.825. The summed E-state index contributed by atoms with van der Waals surface area (Å²) in [5.41, 5.74) is 0.643. The maximum atomic E-state index is 13.9. The molecule has 1 saturated heterocycles. The van der Waals surface area contributed by atoms with Crippen LogP contribution in [0.2, 0.25) is 0 Å². The number of ether oxygens (including phenoxy) is 2. The van der Waals surface area contributed by atoms with Gasteiger partial charge in [0.05, 0.1) is 10.6 Å². The highest BCUT2D eigenvalue weighted by Crippen LogP contribution is 2.32. The van der Waals surface area contributed by atoms with Gasteiger partial charge in [-0.1, -0.05) is 12.1 Å². The van der Waals surface area contributed by atoms with E-state index in [-0.39, 0.29) is 10.7 Å². The highest BCUT2D eigenvalue weighted by atomic mass is 32.2. The Morgan fingerprint density at radius 3 is 2.47 bits per heavy atom. The van der Waals surface area contributed by atoms with Crippen molar-refractivity contribution in [2.24, 2.45) is 0 Å². The number of para-hydroxylation sites is 1. The Balaban J connectivity index is 1.22. The molecule has 162 valence electrons. The molecule has 9 heteroatoms. The van der Waals surface area contributed by atoms with Gasteiger partial charge >= 0.3 is 0 Å². The van der Waals surface area contributed by atoms with E-state index >= 15 is 0 Å². The third kappa shape index (κ3) is 4.85. The molecule has 2 aliphatic rings. The van der Waals surface area contributed by atoms with Crippen LogP contribution in [0.15, 0.2) is 47.4 Å². The van der Waals surface area contributed by atoms with E-state index in [2.05, 4.69) is 14.5 Å². The lowest BCUT2D eigenvalue weighted by molar-refractivity contribution is 0.171. The maximum absolute atomic E-state index is 13.9. The maximum Gasteiger partial charge on any atom is 0.240 e. The van der Waals surface area contributed by atoms with Crippen LogP contribution in [-0.2, 0) is 10.0 Å². The number of rotatable bonds is 7. The van der Waals surface area contributed by atoms with Crippen LogP contribution in [0.5, 0.6) is 11.5 Å². The minimum absolute atomic E-state index is 0.172. The van der Waals surface area contributed by atoms with Gasteiger partial charge in [0, 0.05) is 38.8 Å². The molecule has 0 aliphatic carbocycles. The highest BCUT2D eigenvalue weighted by Gasteiger charge is 2.21. The number of hydrogen-bond acceptors (Lipinski definition) is 6. The van der Waals surface area contributed by atoms with Gasteiger partial charge in [-0.3, -0.25) is 4.90 Å². The standard InChI is InChI=1S/C21H26FN3O4S/c22-18-4-1-2-5-19(18)25-12-10-24(11-13-25)9-3-8-23-30(26,27)17-6-7-20-21(16-17)29-15-14-28-20/h1-2,4-7,16,23H,3,8-15H2. The minimum Gasteiger partial charge on any atom is -0.486 e. The van der Waals surface area contributed by atoms with E-state index in [9.17, 15) is 12.8 Å². The normalized spacial score (nSPS) is 17.2. The molecule has 0 spiro atoms. The summed E-state index contributed by atoms with van der Waals surface area (Å²) in [6.45, 7) is 5.17. The zero-order chi connectivity index (χ0) is 21.0. The number of anilines is 1. The van der Waals surface area contributed by atoms with Gasteiger partial charge in [0.2, 0.25) is 10.0 Å². The Bertz CT molecular complexity index is 978. The molecule has 7 nitrogen and oxygen atoms in total. The Morgan fingerprint density at radius 2 is 1.70 bits per heavy atom. The molecule has 0 atom stereocenters. The van der Waals surface area contributed by atoms with Gasteiger partial charge in [-0.25, -0.2) is 17.5 Å². The molecule has 1 fully saturated rings. The zero-order valence-corrected chi connectivity index (χ0v) is 17.5. The van der Waals surface area contributed by atoms with Crippen LogP contribution in [0.25, 0.3) is 0 Å². The first kappa shape index (κ1) is 20.9. The van der Waals surface area contributed by atoms with Gasteiger partial charge in [0.15, 0.2) is 11.5 Å². The number of benzene rings is 2. The number of fused-ring (bicyclic) bond motifs is 1. The monoisotopic (exact) mass is 435 g/mol. The smallest absolute Gasteiger partial charge is 0.240 e. The predicted molar refractivity (Wildman–Crippen MR) is 112 cm³/mol. The first-order chi connectivity index (χ1) is 14.5. The fourth-order valence-corrected chi connectivity index (χ4v) is 4.79. The second-order valence-electron chi connectivity index (χ2n) is 7.34. The summed E-state index contributed by atoms with van der Waals surface area (Å²) < 4.78 is 52.5. The Hall–Kier alpha value is -2.36. The van der Waals surface area contributed by atoms with Crippen LogP contribution in [0.1, 0.15) is 6.42 Å². The average Bonchev–Trinajstić information content (AvgIpc) is 2.77. The summed E-state index contributed by atoms with van der Waals surface area (Å²) in [7, 11) is -3.60. The second kappa shape index (κ2) is 9.20. The number of nitrogens with one attached hydrogen (secondary N) is 1. The molecule has 0 amide bonds. The summed E-state index contributed by atoms with van der Waals surface area (Å²) >= 11 is 0. The van der Waals surface area contributed by atoms with Crippen LogP contribution in [0.3, 0.4) is 0 Å². The van der Waals surface area contributed by atoms with Gasteiger partial charge in [-0.15, -0.1) is 0 Å². The molecule has 0 radical (unpaired) electrons. The van der Waals surface area contributed by atoms with Crippen molar-refractivity contribution in [3.8, 4) is 11.5 Å². The molecular formula is C21H26FN3O4S. The lowest BCUT2D eigenvalue weighted by atomic mass is 10.2. The van der Waals surface area contributed by atoms with Crippen molar-refractivity contribution >= 4 is 15.7 Å². The predicted octanol–water partition coefficient (Wildman–Crippen LogP) is 2.09. The van der Waals surface area contributed by atoms with Crippen molar-refractivity contribution in [2.45, 2.75) is 11.3 Å². The number of hydrogen-bond donors (Lipinski definition) is 1. The molecule has 2 aromatic rings. The molecule has 2 heterocycles. The van der Waals surface area contributed by atoms with Gasteiger partial charge < -0.3 is 14.4 Å². The fourth-order valence-electron chi connectivity index (χ4n) is 3.70. The van der Waals surface area contributed by atoms with Crippen LogP contribution in [0.4, 0.5) is 10.1 Å². The Kier molecular flexibility index (Phi) is 6.40. The quantitative estimate of drug-likeness (QED) is 0.672. The van der Waals surface area contributed by atoms with E-state index < -0.39 is 10.0 Å². The van der Waals surface area contributed by atoms with Gasteiger partial charge in [0.25, 0.3) is 0 Å². The number of piperazine rings is 1. The average molecular weight is 436 g/mol. The van der Waals surface area contributed by atoms with E-state index in [1.54, 1.807) is 18.2 Å². The highest BCUT2D eigenvalue weighted by molar-refractivity contribution is 7.89. The van der Waals surface area contributed by atoms with Gasteiger partial charge in [0.1, 0.15) is 19.0 Å². The molecule has 2 aliphatic heterocycles. The lowest BCUT2D eigenvalue weighted by Gasteiger charge is -2.36. The second-order valence-corrected chi connectivity index (χ2v) is 9.10. The lowest BCUT2D eigenvalue weighted by Crippen LogP contribution is -2.47. The van der Waals surface area contributed by atoms with E-state index in [0.717, 1.165) is 32.7 Å². The molecule has 0 saturated carbocycles. The van der Waals surface area contributed by atoms with Crippen molar-refractivity contribution in [1.82, 2.24) is 9.62 Å². The molecule has 0 aromatic heterocycles. The van der Waals surface area contributed by atoms with Gasteiger partial charge in [-0.05, 0) is 37.2 Å². The fraction of sp³-hybridized carbons (Fsp3) is 0.429. The Morgan fingerprint density at radius 1 is 0.967 bits per heavy atom. The van der Waals surface area contributed by atoms with E-state index in [0.29, 0.717) is 43.4 Å². The minimum atomic E-state index is -3.60. The van der Waals surface area contributed by atoms with Crippen molar-refractivity contribution < 1.29 is 22.3 Å². The summed E-state index contributed by atoms with van der Waals surface area (Å²) in [5, 5.41) is 0. The summed E-state index contributed by atoms with van der Waals surface area (Å²) in [6.07, 6.45) is 0.698. The topological polar surface area (TPSA) is 71.1 Å². The SMILES string of the molecule is O=S(=O)(NCCCN1CCN(c2ccccc2F)CC1)c1ccc2c(c1)OCCO2. The van der Waals surface area contributed by atoms with Crippen molar-refractivity contribution in [3.63, 3.8) is 0 Å². The first-order valence-electron chi connectivity index (χ1n) is 10.1. The van der Waals surface area contributed by atoms with E-state index in [4.69, 9.17) is 9.47 Å². The van der Waals surface area contributed by atoms with Crippen LogP contribution in [0, 0.1) is 5.82 Å². The zero-order valence-electron chi connectivity index (χ0n) is 16.7. The molecule has 30 heavy (non-hydrogen) atoms. The largest absolute Gasteiger partial charge is 0.486 e. The molecular weight excluding hydrogens is 409 g/mol. The third-order valence-corrected chi connectivity index (χ3v) is 6.79. The number of sulfonamides is 1. The van der Waals surface area contributed by atoms with E-state index in [1.165, 1.54) is 18.2 Å².